The molecule has 0 saturated heterocycles. The zero-order valence-corrected chi connectivity index (χ0v) is 14.4. The highest BCUT2D eigenvalue weighted by atomic mass is 79.9. The number of ether oxygens (including phenoxy) is 2. The lowest BCUT2D eigenvalue weighted by Crippen LogP contribution is -2.15. The van der Waals surface area contributed by atoms with Gasteiger partial charge in [0.2, 0.25) is 5.91 Å². The number of anilines is 1. The van der Waals surface area contributed by atoms with Crippen molar-refractivity contribution in [1.29, 1.82) is 0 Å². The van der Waals surface area contributed by atoms with Crippen molar-refractivity contribution >= 4 is 27.5 Å². The first-order valence-corrected chi connectivity index (χ1v) is 8.32. The van der Waals surface area contributed by atoms with E-state index in [4.69, 9.17) is 9.47 Å². The van der Waals surface area contributed by atoms with Crippen LogP contribution < -0.4 is 14.8 Å². The summed E-state index contributed by atoms with van der Waals surface area (Å²) >= 11 is 3.45. The van der Waals surface area contributed by atoms with Crippen molar-refractivity contribution in [1.82, 2.24) is 0 Å². The third-order valence-corrected chi connectivity index (χ3v) is 4.14. The van der Waals surface area contributed by atoms with Gasteiger partial charge in [0.15, 0.2) is 0 Å². The molecule has 0 unspecified atom stereocenters. The van der Waals surface area contributed by atoms with Crippen LogP contribution in [0, 0.1) is 5.92 Å². The summed E-state index contributed by atoms with van der Waals surface area (Å²) in [5.74, 6) is 1.31. The van der Waals surface area contributed by atoms with E-state index in [0.717, 1.165) is 22.9 Å². The molecule has 0 bridgehead atoms. The van der Waals surface area contributed by atoms with E-state index < -0.39 is 0 Å². The number of rotatable bonds is 6. The lowest BCUT2D eigenvalue weighted by atomic mass is 10.2. The van der Waals surface area contributed by atoms with Crippen LogP contribution in [-0.4, -0.2) is 13.0 Å². The largest absolute Gasteiger partial charge is 0.494 e. The summed E-state index contributed by atoms with van der Waals surface area (Å²) in [4.78, 5) is 12.1. The lowest BCUT2D eigenvalue weighted by Gasteiger charge is -2.16. The van der Waals surface area contributed by atoms with Crippen molar-refractivity contribution in [3.05, 3.63) is 52.5 Å². The van der Waals surface area contributed by atoms with E-state index >= 15 is 0 Å². The first-order valence-electron chi connectivity index (χ1n) is 7.52. The number of halogens is 1. The van der Waals surface area contributed by atoms with Crippen LogP contribution in [0.4, 0.5) is 5.69 Å². The number of carbonyl (C=O) groups is 1. The Morgan fingerprint density at radius 2 is 1.91 bits per heavy atom. The second kappa shape index (κ2) is 7.04. The van der Waals surface area contributed by atoms with Crippen molar-refractivity contribution in [2.24, 2.45) is 5.92 Å². The molecule has 0 spiro atoms. The number of methoxy groups -OCH3 is 1. The minimum absolute atomic E-state index is 0.0233. The maximum absolute atomic E-state index is 12.1. The summed E-state index contributed by atoms with van der Waals surface area (Å²) in [7, 11) is 1.58. The van der Waals surface area contributed by atoms with Crippen LogP contribution in [0.5, 0.6) is 11.5 Å². The van der Waals surface area contributed by atoms with E-state index in [0.29, 0.717) is 23.8 Å². The van der Waals surface area contributed by atoms with Gasteiger partial charge in [-0.3, -0.25) is 4.79 Å². The topological polar surface area (TPSA) is 47.6 Å². The van der Waals surface area contributed by atoms with Gasteiger partial charge >= 0.3 is 0 Å². The fourth-order valence-corrected chi connectivity index (χ4v) is 2.68. The number of carbonyl (C=O) groups excluding carboxylic acids is 1. The molecule has 0 atom stereocenters. The molecule has 1 fully saturated rings. The van der Waals surface area contributed by atoms with Gasteiger partial charge in [-0.2, -0.15) is 0 Å². The van der Waals surface area contributed by atoms with Crippen molar-refractivity contribution in [3.63, 3.8) is 0 Å². The van der Waals surface area contributed by atoms with E-state index in [1.54, 1.807) is 7.11 Å². The molecule has 0 aliphatic heterocycles. The van der Waals surface area contributed by atoms with Crippen LogP contribution in [0.25, 0.3) is 0 Å². The Labute approximate surface area is 143 Å². The monoisotopic (exact) mass is 375 g/mol. The van der Waals surface area contributed by atoms with E-state index in [-0.39, 0.29) is 11.8 Å². The van der Waals surface area contributed by atoms with Crippen molar-refractivity contribution in [2.45, 2.75) is 19.4 Å². The second-order valence-corrected chi connectivity index (χ2v) is 6.43. The Morgan fingerprint density at radius 1 is 1.22 bits per heavy atom. The average molecular weight is 376 g/mol. The highest BCUT2D eigenvalue weighted by Crippen LogP contribution is 2.40. The molecule has 0 aromatic heterocycles. The SMILES string of the molecule is COc1cc(Br)cc(OCc2ccccc2)c1NC(=O)C1CC1. The molecule has 2 aromatic rings. The van der Waals surface area contributed by atoms with Crippen LogP contribution in [0.1, 0.15) is 18.4 Å². The van der Waals surface area contributed by atoms with Gasteiger partial charge in [-0.15, -0.1) is 0 Å². The summed E-state index contributed by atoms with van der Waals surface area (Å²) in [6, 6.07) is 13.6. The standard InChI is InChI=1S/C18H18BrNO3/c1-22-15-9-14(19)10-16(17(15)20-18(21)13-7-8-13)23-11-12-5-3-2-4-6-12/h2-6,9-10,13H,7-8,11H2,1H3,(H,20,21). The average Bonchev–Trinajstić information content (AvgIpc) is 3.40. The first-order chi connectivity index (χ1) is 11.2. The van der Waals surface area contributed by atoms with Crippen molar-refractivity contribution < 1.29 is 14.3 Å². The molecule has 23 heavy (non-hydrogen) atoms. The maximum Gasteiger partial charge on any atom is 0.227 e. The molecule has 4 nitrogen and oxygen atoms in total. The summed E-state index contributed by atoms with van der Waals surface area (Å²) in [5.41, 5.74) is 1.65. The van der Waals surface area contributed by atoms with E-state index in [9.17, 15) is 4.79 Å². The molecule has 5 heteroatoms. The number of amides is 1. The van der Waals surface area contributed by atoms with Crippen LogP contribution >= 0.6 is 15.9 Å². The third kappa shape index (κ3) is 4.05. The number of hydrogen-bond donors (Lipinski definition) is 1. The summed E-state index contributed by atoms with van der Waals surface area (Å²) in [6.07, 6.45) is 1.90. The van der Waals surface area contributed by atoms with Gasteiger partial charge in [0.05, 0.1) is 7.11 Å². The molecule has 1 aliphatic rings. The number of nitrogens with one attached hydrogen (secondary N) is 1. The van der Waals surface area contributed by atoms with Gasteiger partial charge in [-0.1, -0.05) is 46.3 Å². The Balaban J connectivity index is 1.83. The van der Waals surface area contributed by atoms with Gasteiger partial charge in [-0.05, 0) is 30.5 Å². The van der Waals surface area contributed by atoms with Crippen LogP contribution in [0.3, 0.4) is 0 Å². The summed E-state index contributed by atoms with van der Waals surface area (Å²) < 4.78 is 12.2. The van der Waals surface area contributed by atoms with Gasteiger partial charge in [0.25, 0.3) is 0 Å². The second-order valence-electron chi connectivity index (χ2n) is 5.52. The van der Waals surface area contributed by atoms with E-state index in [1.165, 1.54) is 0 Å². The van der Waals surface area contributed by atoms with Crippen molar-refractivity contribution in [2.75, 3.05) is 12.4 Å². The van der Waals surface area contributed by atoms with Gasteiger partial charge < -0.3 is 14.8 Å². The minimum atomic E-state index is 0.0233. The minimum Gasteiger partial charge on any atom is -0.494 e. The number of hydrogen-bond acceptors (Lipinski definition) is 3. The van der Waals surface area contributed by atoms with Crippen molar-refractivity contribution in [3.8, 4) is 11.5 Å². The number of benzene rings is 2. The van der Waals surface area contributed by atoms with E-state index in [2.05, 4.69) is 21.2 Å². The van der Waals surface area contributed by atoms with Gasteiger partial charge in [0.1, 0.15) is 23.8 Å². The highest BCUT2D eigenvalue weighted by molar-refractivity contribution is 9.10. The highest BCUT2D eigenvalue weighted by Gasteiger charge is 2.31. The maximum atomic E-state index is 12.1. The molecule has 120 valence electrons. The predicted molar refractivity (Wildman–Crippen MR) is 92.8 cm³/mol. The van der Waals surface area contributed by atoms with Crippen LogP contribution in [0.2, 0.25) is 0 Å². The Kier molecular flexibility index (Phi) is 4.86. The molecular weight excluding hydrogens is 358 g/mol. The summed E-state index contributed by atoms with van der Waals surface area (Å²) in [6.45, 7) is 0.423. The molecule has 1 amide bonds. The first kappa shape index (κ1) is 15.9. The molecule has 1 saturated carbocycles. The molecular formula is C18H18BrNO3. The third-order valence-electron chi connectivity index (χ3n) is 3.68. The van der Waals surface area contributed by atoms with Gasteiger partial charge in [-0.25, -0.2) is 0 Å². The van der Waals surface area contributed by atoms with Crippen LogP contribution in [0.15, 0.2) is 46.9 Å². The normalized spacial score (nSPS) is 13.5. The van der Waals surface area contributed by atoms with Crippen LogP contribution in [-0.2, 0) is 11.4 Å². The molecule has 0 heterocycles. The lowest BCUT2D eigenvalue weighted by molar-refractivity contribution is -0.117. The Hall–Kier alpha value is -2.01. The fourth-order valence-electron chi connectivity index (χ4n) is 2.26. The predicted octanol–water partition coefficient (Wildman–Crippen LogP) is 4.39. The quantitative estimate of drug-likeness (QED) is 0.814. The van der Waals surface area contributed by atoms with Gasteiger partial charge in [0, 0.05) is 10.4 Å². The smallest absolute Gasteiger partial charge is 0.227 e. The summed E-state index contributed by atoms with van der Waals surface area (Å²) in [5, 5.41) is 2.95. The Bertz CT molecular complexity index is 699. The molecule has 1 aliphatic carbocycles. The zero-order valence-electron chi connectivity index (χ0n) is 12.8. The molecule has 1 N–H and O–H groups in total. The fraction of sp³-hybridized carbons (Fsp3) is 0.278. The zero-order chi connectivity index (χ0) is 16.2. The molecule has 2 aromatic carbocycles. The molecule has 0 radical (unpaired) electrons. The Morgan fingerprint density at radius 3 is 2.57 bits per heavy atom. The van der Waals surface area contributed by atoms with E-state index in [1.807, 2.05) is 42.5 Å². The molecule has 3 rings (SSSR count).